The van der Waals surface area contributed by atoms with Gasteiger partial charge in [-0.1, -0.05) is 48.5 Å². The number of carbonyl (C=O) groups is 1. The van der Waals surface area contributed by atoms with Gasteiger partial charge in [0.25, 0.3) is 5.91 Å². The third-order valence-electron chi connectivity index (χ3n) is 5.79. The molecule has 2 fully saturated rings. The Morgan fingerprint density at radius 1 is 0.963 bits per heavy atom. The number of rotatable bonds is 4. The lowest BCUT2D eigenvalue weighted by Crippen LogP contribution is -2.46. The van der Waals surface area contributed by atoms with E-state index in [1.165, 1.54) is 6.42 Å². The van der Waals surface area contributed by atoms with Crippen molar-refractivity contribution in [2.75, 3.05) is 26.2 Å². The quantitative estimate of drug-likeness (QED) is 0.868. The van der Waals surface area contributed by atoms with Crippen LogP contribution in [0.2, 0.25) is 0 Å². The highest BCUT2D eigenvalue weighted by molar-refractivity contribution is 5.85. The molecule has 2 aromatic carbocycles. The molecule has 0 saturated carbocycles. The highest BCUT2D eigenvalue weighted by Crippen LogP contribution is 2.37. The first-order valence-electron chi connectivity index (χ1n) is 9.52. The van der Waals surface area contributed by atoms with Gasteiger partial charge >= 0.3 is 0 Å². The molecule has 2 saturated heterocycles. The fourth-order valence-corrected chi connectivity index (χ4v) is 4.11. The van der Waals surface area contributed by atoms with Crippen molar-refractivity contribution in [2.24, 2.45) is 5.41 Å². The largest absolute Gasteiger partial charge is 0.476 e. The number of hydrogen-bond acceptors (Lipinski definition) is 3. The van der Waals surface area contributed by atoms with Crippen molar-refractivity contribution < 1.29 is 9.53 Å². The summed E-state index contributed by atoms with van der Waals surface area (Å²) < 4.78 is 6.13. The standard InChI is InChI=1S/C22H26N2O2.ClH/c25-21(24-15-12-22(13-16-24)11-14-23-17-22)20(18-7-3-1-4-8-18)26-19-9-5-2-6-10-19;/h1-10,20,23H,11-17H2;1H. The van der Waals surface area contributed by atoms with Crippen molar-refractivity contribution in [3.63, 3.8) is 0 Å². The van der Waals surface area contributed by atoms with Crippen molar-refractivity contribution in [1.29, 1.82) is 0 Å². The molecule has 1 unspecified atom stereocenters. The van der Waals surface area contributed by atoms with Gasteiger partial charge in [-0.25, -0.2) is 0 Å². The molecule has 5 heteroatoms. The van der Waals surface area contributed by atoms with Gasteiger partial charge in [-0.3, -0.25) is 4.79 Å². The molecule has 0 bridgehead atoms. The van der Waals surface area contributed by atoms with Gasteiger partial charge in [0.1, 0.15) is 5.75 Å². The van der Waals surface area contributed by atoms with E-state index >= 15 is 0 Å². The molecule has 1 amide bonds. The fraction of sp³-hybridized carbons (Fsp3) is 0.409. The zero-order valence-corrected chi connectivity index (χ0v) is 16.3. The lowest BCUT2D eigenvalue weighted by molar-refractivity contribution is -0.141. The molecule has 1 atom stereocenters. The second-order valence-electron chi connectivity index (χ2n) is 7.47. The molecule has 0 aromatic heterocycles. The number of hydrogen-bond donors (Lipinski definition) is 1. The number of nitrogens with one attached hydrogen (secondary N) is 1. The molecule has 2 aromatic rings. The molecule has 1 N–H and O–H groups in total. The topological polar surface area (TPSA) is 41.6 Å². The third kappa shape index (κ3) is 4.45. The summed E-state index contributed by atoms with van der Waals surface area (Å²) in [5.41, 5.74) is 1.31. The summed E-state index contributed by atoms with van der Waals surface area (Å²) in [6.45, 7) is 3.85. The normalized spacial score (nSPS) is 19.3. The second-order valence-corrected chi connectivity index (χ2v) is 7.47. The Hall–Kier alpha value is -2.04. The molecule has 2 heterocycles. The Morgan fingerprint density at radius 2 is 1.59 bits per heavy atom. The number of piperidine rings is 1. The maximum Gasteiger partial charge on any atom is 0.268 e. The van der Waals surface area contributed by atoms with Crippen LogP contribution in [0, 0.1) is 5.41 Å². The highest BCUT2D eigenvalue weighted by atomic mass is 35.5. The van der Waals surface area contributed by atoms with E-state index in [1.54, 1.807) is 0 Å². The summed E-state index contributed by atoms with van der Waals surface area (Å²) in [5, 5.41) is 3.48. The maximum atomic E-state index is 13.3. The van der Waals surface area contributed by atoms with E-state index in [0.717, 1.165) is 50.3 Å². The first-order valence-corrected chi connectivity index (χ1v) is 9.52. The number of amides is 1. The minimum absolute atomic E-state index is 0. The minimum atomic E-state index is -0.589. The molecule has 0 aliphatic carbocycles. The van der Waals surface area contributed by atoms with Crippen LogP contribution in [0.1, 0.15) is 30.9 Å². The molecule has 1 spiro atoms. The summed E-state index contributed by atoms with van der Waals surface area (Å²) in [4.78, 5) is 15.3. The first kappa shape index (κ1) is 19.7. The van der Waals surface area contributed by atoms with E-state index in [1.807, 2.05) is 65.6 Å². The lowest BCUT2D eigenvalue weighted by atomic mass is 9.77. The van der Waals surface area contributed by atoms with Crippen molar-refractivity contribution in [3.05, 3.63) is 66.2 Å². The van der Waals surface area contributed by atoms with Crippen molar-refractivity contribution >= 4 is 18.3 Å². The van der Waals surface area contributed by atoms with Gasteiger partial charge in [0.2, 0.25) is 6.10 Å². The van der Waals surface area contributed by atoms with Gasteiger partial charge in [-0.15, -0.1) is 12.4 Å². The number of likely N-dealkylation sites (tertiary alicyclic amines) is 1. The number of para-hydroxylation sites is 1. The van der Waals surface area contributed by atoms with Crippen LogP contribution in [0.4, 0.5) is 0 Å². The van der Waals surface area contributed by atoms with E-state index in [0.29, 0.717) is 5.41 Å². The zero-order chi connectivity index (χ0) is 17.8. The van der Waals surface area contributed by atoms with E-state index in [2.05, 4.69) is 5.32 Å². The van der Waals surface area contributed by atoms with Crippen molar-refractivity contribution in [1.82, 2.24) is 10.2 Å². The number of ether oxygens (including phenoxy) is 1. The number of carbonyl (C=O) groups excluding carboxylic acids is 1. The van der Waals surface area contributed by atoms with Gasteiger partial charge in [-0.2, -0.15) is 0 Å². The second kappa shape index (κ2) is 8.77. The van der Waals surface area contributed by atoms with Crippen molar-refractivity contribution in [2.45, 2.75) is 25.4 Å². The first-order chi connectivity index (χ1) is 12.8. The monoisotopic (exact) mass is 386 g/mol. The zero-order valence-electron chi connectivity index (χ0n) is 15.5. The van der Waals surface area contributed by atoms with E-state index in [4.69, 9.17) is 4.74 Å². The van der Waals surface area contributed by atoms with Crippen LogP contribution in [0.3, 0.4) is 0 Å². The van der Waals surface area contributed by atoms with E-state index < -0.39 is 6.10 Å². The molecule has 4 rings (SSSR count). The predicted octanol–water partition coefficient (Wildman–Crippen LogP) is 3.83. The molecular formula is C22H27ClN2O2. The SMILES string of the molecule is Cl.O=C(C(Oc1ccccc1)c1ccccc1)N1CCC2(CCNC2)CC1. The molecule has 4 nitrogen and oxygen atoms in total. The summed E-state index contributed by atoms with van der Waals surface area (Å²) in [6.07, 6.45) is 2.81. The number of nitrogens with zero attached hydrogens (tertiary/aromatic N) is 1. The van der Waals surface area contributed by atoms with E-state index in [9.17, 15) is 4.79 Å². The highest BCUT2D eigenvalue weighted by Gasteiger charge is 2.39. The van der Waals surface area contributed by atoms with Crippen LogP contribution in [-0.2, 0) is 4.79 Å². The van der Waals surface area contributed by atoms with Crippen LogP contribution in [0.5, 0.6) is 5.75 Å². The van der Waals surface area contributed by atoms with Gasteiger partial charge in [-0.05, 0) is 43.4 Å². The minimum Gasteiger partial charge on any atom is -0.476 e. The smallest absolute Gasteiger partial charge is 0.268 e. The average molecular weight is 387 g/mol. The summed E-state index contributed by atoms with van der Waals surface area (Å²) in [6, 6.07) is 19.4. The lowest BCUT2D eigenvalue weighted by Gasteiger charge is -2.40. The Bertz CT molecular complexity index is 722. The number of halogens is 1. The van der Waals surface area contributed by atoms with Crippen LogP contribution in [-0.4, -0.2) is 37.0 Å². The summed E-state index contributed by atoms with van der Waals surface area (Å²) in [7, 11) is 0. The molecular weight excluding hydrogens is 360 g/mol. The number of benzene rings is 2. The van der Waals surface area contributed by atoms with Crippen LogP contribution < -0.4 is 10.1 Å². The van der Waals surface area contributed by atoms with Gasteiger partial charge in [0.05, 0.1) is 0 Å². The molecule has 2 aliphatic rings. The predicted molar refractivity (Wildman–Crippen MR) is 109 cm³/mol. The Labute approximate surface area is 167 Å². The van der Waals surface area contributed by atoms with Gasteiger partial charge < -0.3 is 15.0 Å². The Kier molecular flexibility index (Phi) is 6.40. The Balaban J connectivity index is 0.00000210. The maximum absolute atomic E-state index is 13.3. The van der Waals surface area contributed by atoms with Crippen molar-refractivity contribution in [3.8, 4) is 5.75 Å². The van der Waals surface area contributed by atoms with Crippen LogP contribution in [0.25, 0.3) is 0 Å². The van der Waals surface area contributed by atoms with Gasteiger partial charge in [0.15, 0.2) is 0 Å². The Morgan fingerprint density at radius 3 is 2.19 bits per heavy atom. The summed E-state index contributed by atoms with van der Waals surface area (Å²) >= 11 is 0. The molecule has 27 heavy (non-hydrogen) atoms. The average Bonchev–Trinajstić information content (AvgIpc) is 3.16. The molecule has 144 valence electrons. The van der Waals surface area contributed by atoms with E-state index in [-0.39, 0.29) is 18.3 Å². The summed E-state index contributed by atoms with van der Waals surface area (Å²) in [5.74, 6) is 0.795. The molecule has 0 radical (unpaired) electrons. The van der Waals surface area contributed by atoms with Crippen LogP contribution in [0.15, 0.2) is 60.7 Å². The van der Waals surface area contributed by atoms with Crippen LogP contribution >= 0.6 is 12.4 Å². The third-order valence-corrected chi connectivity index (χ3v) is 5.79. The molecule has 2 aliphatic heterocycles. The van der Waals surface area contributed by atoms with Gasteiger partial charge in [0, 0.05) is 25.2 Å². The fourth-order valence-electron chi connectivity index (χ4n) is 4.11.